The van der Waals surface area contributed by atoms with Gasteiger partial charge in [-0.15, -0.1) is 0 Å². The average Bonchev–Trinajstić information content (AvgIpc) is 2.78. The number of hydrogen-bond acceptors (Lipinski definition) is 6. The number of nitrogens with one attached hydrogen (secondary N) is 1. The van der Waals surface area contributed by atoms with Gasteiger partial charge in [-0.25, -0.2) is 14.4 Å². The summed E-state index contributed by atoms with van der Waals surface area (Å²) in [7, 11) is 1.29. The van der Waals surface area contributed by atoms with E-state index in [4.69, 9.17) is 14.7 Å². The molecule has 0 spiro atoms. The summed E-state index contributed by atoms with van der Waals surface area (Å²) in [5.74, 6) is -1.04. The van der Waals surface area contributed by atoms with Gasteiger partial charge in [-0.05, 0) is 62.7 Å². The smallest absolute Gasteiger partial charge is 0.338 e. The van der Waals surface area contributed by atoms with Gasteiger partial charge >= 0.3 is 18.0 Å². The molecule has 2 amide bonds. The van der Waals surface area contributed by atoms with E-state index >= 15 is 0 Å². The number of esters is 2. The Balaban J connectivity index is 2.08. The fourth-order valence-corrected chi connectivity index (χ4v) is 3.46. The third kappa shape index (κ3) is 4.47. The van der Waals surface area contributed by atoms with Gasteiger partial charge in [0.15, 0.2) is 0 Å². The van der Waals surface area contributed by atoms with Crippen LogP contribution in [0.25, 0.3) is 0 Å². The molecule has 0 saturated carbocycles. The molecule has 1 heterocycles. The highest BCUT2D eigenvalue weighted by Crippen LogP contribution is 2.34. The molecule has 0 fully saturated rings. The topological polar surface area (TPSA) is 109 Å². The van der Waals surface area contributed by atoms with Crippen LogP contribution in [0, 0.1) is 11.3 Å². The highest BCUT2D eigenvalue weighted by atomic mass is 16.5. The predicted octanol–water partition coefficient (Wildman–Crippen LogP) is 3.84. The number of nitrogens with zero attached hydrogens (tertiary/aromatic N) is 2. The molecular formula is C24H23N3O5. The van der Waals surface area contributed by atoms with Crippen LogP contribution in [0.4, 0.5) is 10.5 Å². The molecule has 0 saturated heterocycles. The van der Waals surface area contributed by atoms with Crippen LogP contribution >= 0.6 is 0 Å². The Kier molecular flexibility index (Phi) is 6.59. The zero-order valence-corrected chi connectivity index (χ0v) is 18.2. The van der Waals surface area contributed by atoms with E-state index in [1.165, 1.54) is 12.0 Å². The van der Waals surface area contributed by atoms with Gasteiger partial charge in [-0.2, -0.15) is 5.26 Å². The number of methoxy groups -OCH3 is 1. The molecule has 8 heteroatoms. The second kappa shape index (κ2) is 9.35. The van der Waals surface area contributed by atoms with Crippen molar-refractivity contribution in [3.63, 3.8) is 0 Å². The molecule has 0 aromatic heterocycles. The monoisotopic (exact) mass is 433 g/mol. The van der Waals surface area contributed by atoms with Crippen LogP contribution in [0.1, 0.15) is 48.3 Å². The van der Waals surface area contributed by atoms with Crippen molar-refractivity contribution in [3.05, 3.63) is 76.5 Å². The lowest BCUT2D eigenvalue weighted by Gasteiger charge is -2.35. The Bertz CT molecular complexity index is 1110. The maximum atomic E-state index is 13.0. The van der Waals surface area contributed by atoms with Crippen LogP contribution in [0.15, 0.2) is 59.8 Å². The number of urea groups is 1. The highest BCUT2D eigenvalue weighted by molar-refractivity contribution is 6.03. The van der Waals surface area contributed by atoms with Crippen LogP contribution in [0.2, 0.25) is 0 Å². The van der Waals surface area contributed by atoms with Gasteiger partial charge in [0, 0.05) is 5.70 Å². The molecule has 1 aliphatic rings. The summed E-state index contributed by atoms with van der Waals surface area (Å²) < 4.78 is 10.2. The number of amides is 2. The average molecular weight is 433 g/mol. The zero-order valence-electron chi connectivity index (χ0n) is 18.2. The first-order valence-electron chi connectivity index (χ1n) is 9.97. The van der Waals surface area contributed by atoms with Crippen molar-refractivity contribution in [1.82, 2.24) is 5.32 Å². The zero-order chi connectivity index (χ0) is 23.4. The molecule has 0 radical (unpaired) electrons. The van der Waals surface area contributed by atoms with E-state index in [1.807, 2.05) is 6.07 Å². The maximum absolute atomic E-state index is 13.0. The van der Waals surface area contributed by atoms with E-state index in [2.05, 4.69) is 5.32 Å². The molecule has 0 bridgehead atoms. The largest absolute Gasteiger partial charge is 0.465 e. The van der Waals surface area contributed by atoms with Crippen molar-refractivity contribution in [2.24, 2.45) is 0 Å². The van der Waals surface area contributed by atoms with Crippen molar-refractivity contribution < 1.29 is 23.9 Å². The quantitative estimate of drug-likeness (QED) is 0.718. The van der Waals surface area contributed by atoms with Crippen LogP contribution in [0.5, 0.6) is 0 Å². The second-order valence-corrected chi connectivity index (χ2v) is 7.44. The Labute approximate surface area is 186 Å². The molecular weight excluding hydrogens is 410 g/mol. The number of anilines is 1. The van der Waals surface area contributed by atoms with E-state index in [-0.39, 0.29) is 11.7 Å². The molecule has 0 aliphatic carbocycles. The molecule has 1 aliphatic heterocycles. The number of nitriles is 1. The van der Waals surface area contributed by atoms with Gasteiger partial charge in [-0.1, -0.05) is 12.1 Å². The van der Waals surface area contributed by atoms with Crippen LogP contribution in [-0.2, 0) is 14.3 Å². The van der Waals surface area contributed by atoms with E-state index < -0.39 is 24.0 Å². The molecule has 1 N–H and O–H groups in total. The van der Waals surface area contributed by atoms with E-state index in [0.717, 1.165) is 0 Å². The number of rotatable bonds is 5. The van der Waals surface area contributed by atoms with Crippen molar-refractivity contribution in [1.29, 1.82) is 5.26 Å². The fraction of sp³-hybridized carbons (Fsp3) is 0.250. The van der Waals surface area contributed by atoms with E-state index in [0.29, 0.717) is 28.1 Å². The number of carbonyl (C=O) groups excluding carboxylic acids is 3. The lowest BCUT2D eigenvalue weighted by atomic mass is 9.94. The molecule has 32 heavy (non-hydrogen) atoms. The molecule has 1 unspecified atom stereocenters. The molecule has 2 aromatic rings. The summed E-state index contributed by atoms with van der Waals surface area (Å²) in [4.78, 5) is 39.2. The Morgan fingerprint density at radius 1 is 1.06 bits per heavy atom. The number of hydrogen-bond donors (Lipinski definition) is 1. The van der Waals surface area contributed by atoms with E-state index in [9.17, 15) is 14.4 Å². The normalized spacial score (nSPS) is 15.8. The van der Waals surface area contributed by atoms with Crippen molar-refractivity contribution in [3.8, 4) is 6.07 Å². The molecule has 3 rings (SSSR count). The third-order valence-electron chi connectivity index (χ3n) is 4.97. The first-order valence-corrected chi connectivity index (χ1v) is 9.97. The highest BCUT2D eigenvalue weighted by Gasteiger charge is 2.37. The third-order valence-corrected chi connectivity index (χ3v) is 4.97. The van der Waals surface area contributed by atoms with Gasteiger partial charge in [0.1, 0.15) is 0 Å². The molecule has 2 aromatic carbocycles. The molecule has 8 nitrogen and oxygen atoms in total. The number of benzene rings is 2. The fourth-order valence-electron chi connectivity index (χ4n) is 3.46. The number of carbonyl (C=O) groups is 3. The minimum absolute atomic E-state index is 0.272. The lowest BCUT2D eigenvalue weighted by Crippen LogP contribution is -2.48. The Morgan fingerprint density at radius 2 is 1.69 bits per heavy atom. The van der Waals surface area contributed by atoms with Gasteiger partial charge in [0.25, 0.3) is 0 Å². The maximum Gasteiger partial charge on any atom is 0.338 e. The van der Waals surface area contributed by atoms with Gasteiger partial charge < -0.3 is 14.8 Å². The Hall–Kier alpha value is -4.12. The summed E-state index contributed by atoms with van der Waals surface area (Å²) in [5.41, 5.74) is 2.61. The predicted molar refractivity (Wildman–Crippen MR) is 117 cm³/mol. The SMILES string of the molecule is COC(=O)c1ccc(C2NC(=O)N(c3ccc(C#N)cc3)C(C)=C2C(=O)OC(C)C)cc1. The molecule has 164 valence electrons. The van der Waals surface area contributed by atoms with Gasteiger partial charge in [0.05, 0.1) is 47.7 Å². The summed E-state index contributed by atoms with van der Waals surface area (Å²) in [5, 5.41) is 11.9. The second-order valence-electron chi connectivity index (χ2n) is 7.44. The van der Waals surface area contributed by atoms with Crippen molar-refractivity contribution in [2.75, 3.05) is 12.0 Å². The van der Waals surface area contributed by atoms with Crippen molar-refractivity contribution in [2.45, 2.75) is 32.9 Å². The standard InChI is InChI=1S/C24H23N3O5/c1-14(2)32-23(29)20-15(3)27(19-11-5-16(13-25)6-12-19)24(30)26-21(20)17-7-9-18(10-8-17)22(28)31-4/h5-12,14,21H,1-4H3,(H,26,30). The minimum atomic E-state index is -0.768. The number of allylic oxidation sites excluding steroid dienone is 1. The van der Waals surface area contributed by atoms with Gasteiger partial charge in [-0.3, -0.25) is 4.90 Å². The van der Waals surface area contributed by atoms with Crippen LogP contribution < -0.4 is 10.2 Å². The summed E-state index contributed by atoms with van der Waals surface area (Å²) in [6.07, 6.45) is -0.355. The minimum Gasteiger partial charge on any atom is -0.465 e. The summed E-state index contributed by atoms with van der Waals surface area (Å²) in [6, 6.07) is 13.8. The van der Waals surface area contributed by atoms with Crippen LogP contribution in [0.3, 0.4) is 0 Å². The summed E-state index contributed by atoms with van der Waals surface area (Å²) >= 11 is 0. The summed E-state index contributed by atoms with van der Waals surface area (Å²) in [6.45, 7) is 5.16. The Morgan fingerprint density at radius 3 is 2.22 bits per heavy atom. The number of ether oxygens (including phenoxy) is 2. The van der Waals surface area contributed by atoms with Crippen LogP contribution in [-0.4, -0.2) is 31.2 Å². The lowest BCUT2D eigenvalue weighted by molar-refractivity contribution is -0.143. The van der Waals surface area contributed by atoms with Gasteiger partial charge in [0.2, 0.25) is 0 Å². The first kappa shape index (κ1) is 22.6. The van der Waals surface area contributed by atoms with Crippen molar-refractivity contribution >= 4 is 23.7 Å². The first-order chi connectivity index (χ1) is 15.3. The van der Waals surface area contributed by atoms with E-state index in [1.54, 1.807) is 69.3 Å². The molecule has 1 atom stereocenters.